The van der Waals surface area contributed by atoms with Crippen LogP contribution in [0.2, 0.25) is 0 Å². The average Bonchev–Trinajstić information content (AvgIpc) is 2.44. The van der Waals surface area contributed by atoms with E-state index in [9.17, 15) is 14.4 Å². The first kappa shape index (κ1) is 14.7. The molecule has 0 spiro atoms. The molecule has 0 saturated carbocycles. The Morgan fingerprint density at radius 2 is 1.71 bits per heavy atom. The molecule has 0 saturated heterocycles. The first-order valence-electron chi connectivity index (χ1n) is 6.39. The lowest BCUT2D eigenvalue weighted by atomic mass is 9.96. The second-order valence-corrected chi connectivity index (χ2v) is 5.61. The Hall–Kier alpha value is -2.70. The number of H-pyrrole nitrogens is 1. The summed E-state index contributed by atoms with van der Waals surface area (Å²) in [7, 11) is 0. The lowest BCUT2D eigenvalue weighted by Crippen LogP contribution is -2.47. The molecule has 2 rings (SSSR count). The fourth-order valence-corrected chi connectivity index (χ4v) is 1.65. The summed E-state index contributed by atoms with van der Waals surface area (Å²) in [5, 5.41) is 6.79. The quantitative estimate of drug-likeness (QED) is 0.673. The normalized spacial score (nSPS) is 11.2. The van der Waals surface area contributed by atoms with Crippen molar-refractivity contribution < 1.29 is 9.59 Å². The summed E-state index contributed by atoms with van der Waals surface area (Å²) in [4.78, 5) is 35.4. The first-order chi connectivity index (χ1) is 9.80. The highest BCUT2D eigenvalue weighted by atomic mass is 16.2. The molecule has 1 heterocycles. The highest BCUT2D eigenvalue weighted by molar-refractivity contribution is 6.05. The number of amides is 2. The highest BCUT2D eigenvalue weighted by Crippen LogP contribution is 2.13. The van der Waals surface area contributed by atoms with Crippen molar-refractivity contribution in [1.82, 2.24) is 21.0 Å². The number of hydrogen-bond acceptors (Lipinski definition) is 4. The smallest absolute Gasteiger partial charge is 0.273 e. The number of benzene rings is 1. The molecule has 2 aromatic rings. The van der Waals surface area contributed by atoms with Crippen molar-refractivity contribution in [2.75, 3.05) is 0 Å². The van der Waals surface area contributed by atoms with Crippen LogP contribution in [0.15, 0.2) is 29.1 Å². The second kappa shape index (κ2) is 5.35. The Balaban J connectivity index is 2.27. The van der Waals surface area contributed by atoms with Crippen molar-refractivity contribution in [3.63, 3.8) is 0 Å². The number of nitrogens with zero attached hydrogens (tertiary/aromatic N) is 1. The van der Waals surface area contributed by atoms with Crippen molar-refractivity contribution in [2.45, 2.75) is 20.8 Å². The standard InChI is InChI=1S/C14H16N4O3/c1-14(2,3)13(21)18-17-12(20)10-8-6-4-5-7-9(8)11(19)16-15-10/h4-7H,1-3H3,(H,16,19)(H,17,20)(H,18,21). The van der Waals surface area contributed by atoms with E-state index in [0.29, 0.717) is 10.8 Å². The van der Waals surface area contributed by atoms with Gasteiger partial charge in [-0.05, 0) is 6.07 Å². The molecular weight excluding hydrogens is 272 g/mol. The Morgan fingerprint density at radius 3 is 2.33 bits per heavy atom. The molecule has 1 aromatic heterocycles. The first-order valence-corrected chi connectivity index (χ1v) is 6.39. The number of aromatic amines is 1. The lowest BCUT2D eigenvalue weighted by Gasteiger charge is -2.17. The molecule has 7 nitrogen and oxygen atoms in total. The van der Waals surface area contributed by atoms with E-state index in [1.54, 1.807) is 45.0 Å². The summed E-state index contributed by atoms with van der Waals surface area (Å²) >= 11 is 0. The monoisotopic (exact) mass is 288 g/mol. The number of hydrazine groups is 1. The third-order valence-electron chi connectivity index (χ3n) is 2.88. The Bertz CT molecular complexity index is 759. The molecule has 0 aliphatic rings. The van der Waals surface area contributed by atoms with Gasteiger partial charge in [0.25, 0.3) is 11.5 Å². The predicted octanol–water partition coefficient (Wildman–Crippen LogP) is 0.730. The average molecular weight is 288 g/mol. The van der Waals surface area contributed by atoms with Gasteiger partial charge in [0.2, 0.25) is 5.91 Å². The fourth-order valence-electron chi connectivity index (χ4n) is 1.65. The number of carbonyl (C=O) groups excluding carboxylic acids is 2. The van der Waals surface area contributed by atoms with Crippen LogP contribution >= 0.6 is 0 Å². The molecule has 21 heavy (non-hydrogen) atoms. The molecule has 2 amide bonds. The van der Waals surface area contributed by atoms with Crippen molar-refractivity contribution in [1.29, 1.82) is 0 Å². The Labute approximate surface area is 120 Å². The summed E-state index contributed by atoms with van der Waals surface area (Å²) < 4.78 is 0. The highest BCUT2D eigenvalue weighted by Gasteiger charge is 2.22. The van der Waals surface area contributed by atoms with Gasteiger partial charge >= 0.3 is 0 Å². The molecule has 7 heteroatoms. The SMILES string of the molecule is CC(C)(C)C(=O)NNC(=O)c1n[nH]c(=O)c2ccccc12. The van der Waals surface area contributed by atoms with E-state index >= 15 is 0 Å². The molecular formula is C14H16N4O3. The molecule has 1 aromatic carbocycles. The van der Waals surface area contributed by atoms with E-state index in [-0.39, 0.29) is 17.2 Å². The lowest BCUT2D eigenvalue weighted by molar-refractivity contribution is -0.129. The molecule has 0 bridgehead atoms. The van der Waals surface area contributed by atoms with Crippen LogP contribution in [-0.2, 0) is 4.79 Å². The molecule has 0 radical (unpaired) electrons. The van der Waals surface area contributed by atoms with Crippen LogP contribution in [0.4, 0.5) is 0 Å². The minimum absolute atomic E-state index is 0.0411. The predicted molar refractivity (Wildman–Crippen MR) is 77.4 cm³/mol. The third-order valence-corrected chi connectivity index (χ3v) is 2.88. The van der Waals surface area contributed by atoms with E-state index in [1.165, 1.54) is 0 Å². The molecule has 0 aliphatic heterocycles. The summed E-state index contributed by atoms with van der Waals surface area (Å²) in [6, 6.07) is 6.62. The van der Waals surface area contributed by atoms with Gasteiger partial charge in [0.1, 0.15) is 0 Å². The zero-order chi connectivity index (χ0) is 15.6. The minimum atomic E-state index is -0.631. The molecule has 110 valence electrons. The van der Waals surface area contributed by atoms with E-state index in [4.69, 9.17) is 0 Å². The van der Waals surface area contributed by atoms with E-state index in [2.05, 4.69) is 21.0 Å². The molecule has 0 aliphatic carbocycles. The maximum Gasteiger partial charge on any atom is 0.290 e. The van der Waals surface area contributed by atoms with Crippen LogP contribution < -0.4 is 16.4 Å². The van der Waals surface area contributed by atoms with Gasteiger partial charge in [0, 0.05) is 10.8 Å². The molecule has 0 atom stereocenters. The van der Waals surface area contributed by atoms with Crippen molar-refractivity contribution in [2.24, 2.45) is 5.41 Å². The van der Waals surface area contributed by atoms with Crippen molar-refractivity contribution >= 4 is 22.6 Å². The number of hydrogen-bond donors (Lipinski definition) is 3. The second-order valence-electron chi connectivity index (χ2n) is 5.61. The van der Waals surface area contributed by atoms with Crippen LogP contribution in [0, 0.1) is 5.41 Å². The fraction of sp³-hybridized carbons (Fsp3) is 0.286. The van der Waals surface area contributed by atoms with Crippen molar-refractivity contribution in [3.8, 4) is 0 Å². The number of nitrogens with one attached hydrogen (secondary N) is 3. The van der Waals surface area contributed by atoms with E-state index in [0.717, 1.165) is 0 Å². The number of rotatable bonds is 1. The van der Waals surface area contributed by atoms with Crippen LogP contribution in [0.1, 0.15) is 31.3 Å². The summed E-state index contributed by atoms with van der Waals surface area (Å²) in [6.07, 6.45) is 0. The summed E-state index contributed by atoms with van der Waals surface area (Å²) in [6.45, 7) is 5.17. The number of aromatic nitrogens is 2. The number of fused-ring (bicyclic) bond motifs is 1. The van der Waals surface area contributed by atoms with E-state index < -0.39 is 11.3 Å². The van der Waals surface area contributed by atoms with Crippen LogP contribution in [0.25, 0.3) is 10.8 Å². The van der Waals surface area contributed by atoms with Crippen molar-refractivity contribution in [3.05, 3.63) is 40.3 Å². The van der Waals surface area contributed by atoms with Gasteiger partial charge in [0.15, 0.2) is 5.69 Å². The van der Waals surface area contributed by atoms with Gasteiger partial charge in [-0.25, -0.2) is 5.10 Å². The van der Waals surface area contributed by atoms with E-state index in [1.807, 2.05) is 0 Å². The summed E-state index contributed by atoms with van der Waals surface area (Å²) in [5.41, 5.74) is 3.66. The van der Waals surface area contributed by atoms with Gasteiger partial charge in [-0.1, -0.05) is 39.0 Å². The minimum Gasteiger partial charge on any atom is -0.273 e. The molecule has 3 N–H and O–H groups in total. The van der Waals surface area contributed by atoms with Crippen LogP contribution in [0.5, 0.6) is 0 Å². The topological polar surface area (TPSA) is 104 Å². The zero-order valence-electron chi connectivity index (χ0n) is 12.0. The van der Waals surface area contributed by atoms with Gasteiger partial charge in [-0.3, -0.25) is 25.2 Å². The Morgan fingerprint density at radius 1 is 1.10 bits per heavy atom. The largest absolute Gasteiger partial charge is 0.290 e. The molecule has 0 fully saturated rings. The number of carbonyl (C=O) groups is 2. The van der Waals surface area contributed by atoms with Gasteiger partial charge in [-0.2, -0.15) is 5.10 Å². The van der Waals surface area contributed by atoms with Gasteiger partial charge in [-0.15, -0.1) is 0 Å². The van der Waals surface area contributed by atoms with Crippen LogP contribution in [-0.4, -0.2) is 22.0 Å². The van der Waals surface area contributed by atoms with Gasteiger partial charge in [0.05, 0.1) is 5.39 Å². The maximum atomic E-state index is 12.1. The third kappa shape index (κ3) is 3.07. The summed E-state index contributed by atoms with van der Waals surface area (Å²) in [5.74, 6) is -0.926. The van der Waals surface area contributed by atoms with Gasteiger partial charge < -0.3 is 0 Å². The Kier molecular flexibility index (Phi) is 3.75. The maximum absolute atomic E-state index is 12.1. The molecule has 0 unspecified atom stereocenters. The van der Waals surface area contributed by atoms with Crippen LogP contribution in [0.3, 0.4) is 0 Å². The zero-order valence-corrected chi connectivity index (χ0v) is 12.0.